The summed E-state index contributed by atoms with van der Waals surface area (Å²) in [6, 6.07) is 16.0. The summed E-state index contributed by atoms with van der Waals surface area (Å²) in [6.07, 6.45) is 3.64. The number of carbonyl (C=O) groups is 1. The van der Waals surface area contributed by atoms with Gasteiger partial charge in [0.1, 0.15) is 5.82 Å². The van der Waals surface area contributed by atoms with Crippen LogP contribution in [0.2, 0.25) is 0 Å². The van der Waals surface area contributed by atoms with Crippen molar-refractivity contribution in [3.63, 3.8) is 0 Å². The minimum Gasteiger partial charge on any atom is -0.354 e. The van der Waals surface area contributed by atoms with Gasteiger partial charge in [-0.25, -0.2) is 13.4 Å². The molecule has 1 N–H and O–H groups in total. The van der Waals surface area contributed by atoms with Gasteiger partial charge in [0.2, 0.25) is 10.0 Å². The molecule has 172 valence electrons. The number of aromatic nitrogens is 1. The number of nitrogens with zero attached hydrogens (tertiary/aromatic N) is 3. The fourth-order valence-corrected chi connectivity index (χ4v) is 6.95. The van der Waals surface area contributed by atoms with Gasteiger partial charge in [0.25, 0.3) is 5.91 Å². The molecule has 0 saturated carbocycles. The molecule has 0 unspecified atom stereocenters. The molecule has 0 atom stereocenters. The first-order chi connectivity index (χ1) is 16.0. The molecule has 33 heavy (non-hydrogen) atoms. The van der Waals surface area contributed by atoms with Crippen LogP contribution >= 0.6 is 11.3 Å². The Morgan fingerprint density at radius 1 is 1.00 bits per heavy atom. The van der Waals surface area contributed by atoms with E-state index in [1.165, 1.54) is 32.3 Å². The molecule has 0 bridgehead atoms. The summed E-state index contributed by atoms with van der Waals surface area (Å²) in [6.45, 7) is 2.14. The van der Waals surface area contributed by atoms with Crippen LogP contribution in [0.25, 0.3) is 10.4 Å². The third-order valence-electron chi connectivity index (χ3n) is 6.21. The first-order valence-corrected chi connectivity index (χ1v) is 13.6. The quantitative estimate of drug-likeness (QED) is 0.584. The van der Waals surface area contributed by atoms with E-state index in [9.17, 15) is 13.2 Å². The maximum atomic E-state index is 12.8. The fourth-order valence-electron chi connectivity index (χ4n) is 4.43. The first-order valence-electron chi connectivity index (χ1n) is 11.1. The van der Waals surface area contributed by atoms with E-state index in [2.05, 4.69) is 27.3 Å². The van der Waals surface area contributed by atoms with Crippen molar-refractivity contribution in [1.82, 2.24) is 14.6 Å². The van der Waals surface area contributed by atoms with Crippen LogP contribution in [0.3, 0.4) is 0 Å². The molecule has 1 aliphatic carbocycles. The van der Waals surface area contributed by atoms with Crippen molar-refractivity contribution in [2.75, 3.05) is 43.4 Å². The summed E-state index contributed by atoms with van der Waals surface area (Å²) < 4.78 is 27.1. The Bertz CT molecular complexity index is 1250. The van der Waals surface area contributed by atoms with Crippen LogP contribution in [-0.2, 0) is 22.9 Å². The van der Waals surface area contributed by atoms with Crippen molar-refractivity contribution >= 4 is 33.1 Å². The van der Waals surface area contributed by atoms with E-state index < -0.39 is 10.0 Å². The summed E-state index contributed by atoms with van der Waals surface area (Å²) >= 11 is 1.49. The molecule has 1 aromatic carbocycles. The van der Waals surface area contributed by atoms with Crippen molar-refractivity contribution in [2.24, 2.45) is 0 Å². The fraction of sp³-hybridized carbons (Fsp3) is 0.333. The molecule has 9 heteroatoms. The number of pyridine rings is 1. The molecule has 1 amide bonds. The number of carbonyl (C=O) groups excluding carboxylic acids is 1. The molecular formula is C24H26N4O3S2. The number of fused-ring (bicyclic) bond motifs is 3. The minimum atomic E-state index is -3.43. The monoisotopic (exact) mass is 482 g/mol. The van der Waals surface area contributed by atoms with Gasteiger partial charge in [-0.15, -0.1) is 11.3 Å². The highest BCUT2D eigenvalue weighted by atomic mass is 32.2. The molecule has 1 fully saturated rings. The second-order valence-corrected chi connectivity index (χ2v) is 11.4. The Morgan fingerprint density at radius 2 is 1.76 bits per heavy atom. The molecule has 0 radical (unpaired) electrons. The van der Waals surface area contributed by atoms with E-state index in [4.69, 9.17) is 0 Å². The van der Waals surface area contributed by atoms with E-state index in [0.29, 0.717) is 31.1 Å². The molecule has 2 aromatic heterocycles. The number of hydrogen-bond acceptors (Lipinski definition) is 6. The van der Waals surface area contributed by atoms with E-state index in [0.717, 1.165) is 23.5 Å². The van der Waals surface area contributed by atoms with Crippen LogP contribution in [-0.4, -0.2) is 62.1 Å². The Balaban J connectivity index is 1.15. The molecule has 1 saturated heterocycles. The highest BCUT2D eigenvalue weighted by Gasteiger charge is 2.27. The van der Waals surface area contributed by atoms with Gasteiger partial charge in [0.15, 0.2) is 0 Å². The summed E-state index contributed by atoms with van der Waals surface area (Å²) in [5.74, 6) is 0.557. The lowest BCUT2D eigenvalue weighted by atomic mass is 9.91. The number of nitrogens with one attached hydrogen (secondary N) is 1. The third-order valence-corrected chi connectivity index (χ3v) is 9.29. The second kappa shape index (κ2) is 9.24. The molecule has 3 aromatic rings. The highest BCUT2D eigenvalue weighted by molar-refractivity contribution is 7.89. The zero-order valence-electron chi connectivity index (χ0n) is 18.2. The number of piperazine rings is 1. The van der Waals surface area contributed by atoms with Crippen LogP contribution < -0.4 is 10.2 Å². The number of hydrogen-bond donors (Lipinski definition) is 1. The molecule has 5 rings (SSSR count). The highest BCUT2D eigenvalue weighted by Crippen LogP contribution is 2.39. The smallest absolute Gasteiger partial charge is 0.261 e. The Labute approximate surface area is 198 Å². The third kappa shape index (κ3) is 4.66. The zero-order chi connectivity index (χ0) is 22.8. The predicted molar refractivity (Wildman–Crippen MR) is 131 cm³/mol. The van der Waals surface area contributed by atoms with Crippen LogP contribution in [0, 0.1) is 0 Å². The largest absolute Gasteiger partial charge is 0.354 e. The summed E-state index contributed by atoms with van der Waals surface area (Å²) in [5.41, 5.74) is 3.71. The summed E-state index contributed by atoms with van der Waals surface area (Å²) in [7, 11) is -3.43. The van der Waals surface area contributed by atoms with Crippen LogP contribution in [0.15, 0.2) is 54.7 Å². The number of thiophene rings is 1. The molecule has 2 aliphatic rings. The Morgan fingerprint density at radius 3 is 2.55 bits per heavy atom. The molecule has 0 spiro atoms. The van der Waals surface area contributed by atoms with Crippen molar-refractivity contribution in [1.29, 1.82) is 0 Å². The van der Waals surface area contributed by atoms with Crippen molar-refractivity contribution in [2.45, 2.75) is 12.8 Å². The van der Waals surface area contributed by atoms with Gasteiger partial charge in [-0.1, -0.05) is 30.3 Å². The lowest BCUT2D eigenvalue weighted by Crippen LogP contribution is -2.50. The summed E-state index contributed by atoms with van der Waals surface area (Å²) in [4.78, 5) is 20.9. The standard InChI is InChI=1S/C24H26N4O3S2/c29-24(21-17-19-9-8-18-5-1-2-6-20(18)23(19)32-21)26-11-16-33(30,31)28-14-12-27(13-15-28)22-7-3-4-10-25-22/h1-7,10,17H,8-9,11-16H2,(H,26,29). The maximum absolute atomic E-state index is 12.8. The van der Waals surface area contributed by atoms with Gasteiger partial charge in [-0.2, -0.15) is 4.31 Å². The molecule has 1 aliphatic heterocycles. The van der Waals surface area contributed by atoms with Gasteiger partial charge >= 0.3 is 0 Å². The van der Waals surface area contributed by atoms with Gasteiger partial charge < -0.3 is 10.2 Å². The van der Waals surface area contributed by atoms with Crippen LogP contribution in [0.4, 0.5) is 5.82 Å². The van der Waals surface area contributed by atoms with E-state index in [-0.39, 0.29) is 18.2 Å². The zero-order valence-corrected chi connectivity index (χ0v) is 19.9. The Hall–Kier alpha value is -2.75. The van der Waals surface area contributed by atoms with Gasteiger partial charge in [0.05, 0.1) is 10.6 Å². The van der Waals surface area contributed by atoms with Crippen molar-refractivity contribution in [3.8, 4) is 10.4 Å². The average molecular weight is 483 g/mol. The van der Waals surface area contributed by atoms with Crippen LogP contribution in [0.5, 0.6) is 0 Å². The topological polar surface area (TPSA) is 82.6 Å². The predicted octanol–water partition coefficient (Wildman–Crippen LogP) is 2.79. The number of anilines is 1. The number of sulfonamides is 1. The normalized spacial score (nSPS) is 16.2. The number of aryl methyl sites for hydroxylation is 2. The lowest BCUT2D eigenvalue weighted by Gasteiger charge is -2.34. The van der Waals surface area contributed by atoms with Gasteiger partial charge in [-0.05, 0) is 47.7 Å². The van der Waals surface area contributed by atoms with Crippen LogP contribution in [0.1, 0.15) is 20.8 Å². The van der Waals surface area contributed by atoms with Crippen molar-refractivity contribution < 1.29 is 13.2 Å². The molecular weight excluding hydrogens is 456 g/mol. The average Bonchev–Trinajstić information content (AvgIpc) is 3.30. The van der Waals surface area contributed by atoms with E-state index in [1.54, 1.807) is 6.20 Å². The molecule has 3 heterocycles. The summed E-state index contributed by atoms with van der Waals surface area (Å²) in [5, 5.41) is 2.81. The number of rotatable bonds is 6. The van der Waals surface area contributed by atoms with Gasteiger partial charge in [0, 0.05) is 43.8 Å². The maximum Gasteiger partial charge on any atom is 0.261 e. The van der Waals surface area contributed by atoms with Crippen molar-refractivity contribution in [3.05, 3.63) is 70.7 Å². The molecule has 7 nitrogen and oxygen atoms in total. The Kier molecular flexibility index (Phi) is 6.18. The van der Waals surface area contributed by atoms with Gasteiger partial charge in [-0.3, -0.25) is 4.79 Å². The van der Waals surface area contributed by atoms with E-state index in [1.807, 2.05) is 36.4 Å². The SMILES string of the molecule is O=C(NCCS(=O)(=O)N1CCN(c2ccccn2)CC1)c1cc2c(s1)-c1ccccc1CC2. The second-order valence-electron chi connectivity index (χ2n) is 8.27. The minimum absolute atomic E-state index is 0.0980. The first kappa shape index (κ1) is 22.1. The van der Waals surface area contributed by atoms with E-state index >= 15 is 0 Å². The number of benzene rings is 1. The lowest BCUT2D eigenvalue weighted by molar-refractivity contribution is 0.0960. The number of amides is 1.